The third kappa shape index (κ3) is 6.62. The first kappa shape index (κ1) is 11.2. The van der Waals surface area contributed by atoms with Crippen LogP contribution in [0.25, 0.3) is 0 Å². The lowest BCUT2D eigenvalue weighted by molar-refractivity contribution is 0.113. The van der Waals surface area contributed by atoms with Crippen LogP contribution in [0, 0.1) is 5.92 Å². The lowest BCUT2D eigenvalue weighted by Crippen LogP contribution is -2.18. The molecule has 0 radical (unpaired) electrons. The van der Waals surface area contributed by atoms with E-state index in [1.54, 1.807) is 11.8 Å². The Kier molecular flexibility index (Phi) is 7.06. The van der Waals surface area contributed by atoms with Crippen molar-refractivity contribution in [3.05, 3.63) is 0 Å². The van der Waals surface area contributed by atoms with E-state index in [0.717, 1.165) is 5.75 Å². The van der Waals surface area contributed by atoms with Crippen molar-refractivity contribution in [2.24, 2.45) is 11.7 Å². The van der Waals surface area contributed by atoms with Gasteiger partial charge < -0.3 is 15.9 Å². The summed E-state index contributed by atoms with van der Waals surface area (Å²) in [5.74, 6) is 2.04. The van der Waals surface area contributed by atoms with E-state index < -0.39 is 6.10 Å². The van der Waals surface area contributed by atoms with E-state index in [4.69, 9.17) is 15.9 Å². The molecular weight excluding hydrogens is 162 g/mol. The van der Waals surface area contributed by atoms with Crippen molar-refractivity contribution in [1.82, 2.24) is 0 Å². The molecule has 0 aromatic carbocycles. The number of aliphatic hydroxyl groups is 2. The van der Waals surface area contributed by atoms with Gasteiger partial charge in [0.1, 0.15) is 0 Å². The topological polar surface area (TPSA) is 66.5 Å². The summed E-state index contributed by atoms with van der Waals surface area (Å²) < 4.78 is 0. The molecule has 0 aliphatic rings. The number of nitrogens with two attached hydrogens (primary N) is 1. The van der Waals surface area contributed by atoms with Crippen molar-refractivity contribution >= 4 is 11.8 Å². The second-order valence-electron chi connectivity index (χ2n) is 2.71. The SMILES string of the molecule is CC(CN)CSCC(O)CO. The van der Waals surface area contributed by atoms with Crippen molar-refractivity contribution in [1.29, 1.82) is 0 Å². The van der Waals surface area contributed by atoms with E-state index in [1.807, 2.05) is 0 Å². The maximum absolute atomic E-state index is 8.94. The molecular formula is C7H17NO2S. The van der Waals surface area contributed by atoms with Gasteiger partial charge in [-0.2, -0.15) is 11.8 Å². The molecule has 0 bridgehead atoms. The zero-order valence-electron chi connectivity index (χ0n) is 6.86. The van der Waals surface area contributed by atoms with Gasteiger partial charge in [0.05, 0.1) is 12.7 Å². The second-order valence-corrected chi connectivity index (χ2v) is 3.79. The molecule has 3 nitrogen and oxygen atoms in total. The van der Waals surface area contributed by atoms with Gasteiger partial charge in [0.25, 0.3) is 0 Å². The fourth-order valence-corrected chi connectivity index (χ4v) is 1.58. The van der Waals surface area contributed by atoms with Gasteiger partial charge in [0.2, 0.25) is 0 Å². The highest BCUT2D eigenvalue weighted by molar-refractivity contribution is 7.99. The smallest absolute Gasteiger partial charge is 0.0861 e. The molecule has 11 heavy (non-hydrogen) atoms. The summed E-state index contributed by atoms with van der Waals surface area (Å²) in [7, 11) is 0. The third-order valence-corrected chi connectivity index (χ3v) is 2.75. The summed E-state index contributed by atoms with van der Waals surface area (Å²) in [5.41, 5.74) is 5.40. The van der Waals surface area contributed by atoms with Gasteiger partial charge in [-0.05, 0) is 18.2 Å². The Hall–Kier alpha value is 0.230. The minimum atomic E-state index is -0.579. The molecule has 0 amide bonds. The van der Waals surface area contributed by atoms with Crippen molar-refractivity contribution in [3.8, 4) is 0 Å². The number of aliphatic hydroxyl groups excluding tert-OH is 2. The first-order valence-electron chi connectivity index (χ1n) is 3.77. The van der Waals surface area contributed by atoms with Gasteiger partial charge in [-0.15, -0.1) is 0 Å². The highest BCUT2D eigenvalue weighted by atomic mass is 32.2. The van der Waals surface area contributed by atoms with Gasteiger partial charge in [0, 0.05) is 5.75 Å². The second kappa shape index (κ2) is 6.91. The lowest BCUT2D eigenvalue weighted by Gasteiger charge is -2.09. The fourth-order valence-electron chi connectivity index (χ4n) is 0.526. The molecule has 0 aliphatic carbocycles. The van der Waals surface area contributed by atoms with Gasteiger partial charge >= 0.3 is 0 Å². The first-order chi connectivity index (χ1) is 5.20. The predicted molar refractivity (Wildman–Crippen MR) is 48.6 cm³/mol. The van der Waals surface area contributed by atoms with Crippen LogP contribution in [0.3, 0.4) is 0 Å². The average molecular weight is 179 g/mol. The molecule has 0 spiro atoms. The zero-order chi connectivity index (χ0) is 8.69. The summed E-state index contributed by atoms with van der Waals surface area (Å²) in [4.78, 5) is 0. The van der Waals surface area contributed by atoms with E-state index in [2.05, 4.69) is 6.92 Å². The van der Waals surface area contributed by atoms with Crippen molar-refractivity contribution < 1.29 is 10.2 Å². The summed E-state index contributed by atoms with van der Waals surface area (Å²) in [6.07, 6.45) is -0.579. The van der Waals surface area contributed by atoms with Crippen LogP contribution in [0.5, 0.6) is 0 Å². The molecule has 0 aromatic heterocycles. The Labute approximate surface area is 72.0 Å². The largest absolute Gasteiger partial charge is 0.394 e. The number of rotatable bonds is 6. The summed E-state index contributed by atoms with van der Waals surface area (Å²) in [5, 5.41) is 17.4. The maximum Gasteiger partial charge on any atom is 0.0861 e. The van der Waals surface area contributed by atoms with Crippen LogP contribution >= 0.6 is 11.8 Å². The Morgan fingerprint density at radius 3 is 2.55 bits per heavy atom. The zero-order valence-corrected chi connectivity index (χ0v) is 7.68. The Balaban J connectivity index is 3.13. The van der Waals surface area contributed by atoms with Crippen LogP contribution in [0.2, 0.25) is 0 Å². The minimum Gasteiger partial charge on any atom is -0.394 e. The number of hydrogen-bond donors (Lipinski definition) is 3. The van der Waals surface area contributed by atoms with Crippen LogP contribution in [0.15, 0.2) is 0 Å². The molecule has 4 N–H and O–H groups in total. The monoisotopic (exact) mass is 179 g/mol. The molecule has 0 saturated heterocycles. The number of hydrogen-bond acceptors (Lipinski definition) is 4. The third-order valence-electron chi connectivity index (χ3n) is 1.33. The van der Waals surface area contributed by atoms with Crippen molar-refractivity contribution in [3.63, 3.8) is 0 Å². The highest BCUT2D eigenvalue weighted by Crippen LogP contribution is 2.08. The highest BCUT2D eigenvalue weighted by Gasteiger charge is 2.03. The van der Waals surface area contributed by atoms with Crippen LogP contribution in [-0.2, 0) is 0 Å². The summed E-state index contributed by atoms with van der Waals surface area (Å²) >= 11 is 1.63. The van der Waals surface area contributed by atoms with Crippen molar-refractivity contribution in [2.45, 2.75) is 13.0 Å². The molecule has 2 atom stereocenters. The molecule has 0 fully saturated rings. The Morgan fingerprint density at radius 1 is 1.45 bits per heavy atom. The lowest BCUT2D eigenvalue weighted by atomic mass is 10.2. The van der Waals surface area contributed by atoms with E-state index >= 15 is 0 Å². The van der Waals surface area contributed by atoms with Crippen LogP contribution < -0.4 is 5.73 Å². The maximum atomic E-state index is 8.94. The fraction of sp³-hybridized carbons (Fsp3) is 1.00. The molecule has 0 aliphatic heterocycles. The van der Waals surface area contributed by atoms with E-state index in [-0.39, 0.29) is 6.61 Å². The van der Waals surface area contributed by atoms with E-state index in [0.29, 0.717) is 18.2 Å². The molecule has 0 saturated carbocycles. The van der Waals surface area contributed by atoms with Crippen LogP contribution in [-0.4, -0.2) is 41.0 Å². The van der Waals surface area contributed by atoms with Crippen LogP contribution in [0.1, 0.15) is 6.92 Å². The average Bonchev–Trinajstić information content (AvgIpc) is 2.04. The van der Waals surface area contributed by atoms with E-state index in [9.17, 15) is 0 Å². The first-order valence-corrected chi connectivity index (χ1v) is 4.93. The summed E-state index contributed by atoms with van der Waals surface area (Å²) in [6, 6.07) is 0. The van der Waals surface area contributed by atoms with Crippen LogP contribution in [0.4, 0.5) is 0 Å². The molecule has 68 valence electrons. The Morgan fingerprint density at radius 2 is 2.09 bits per heavy atom. The van der Waals surface area contributed by atoms with Crippen molar-refractivity contribution in [2.75, 3.05) is 24.7 Å². The van der Waals surface area contributed by atoms with Gasteiger partial charge in [0.15, 0.2) is 0 Å². The molecule has 4 heteroatoms. The van der Waals surface area contributed by atoms with E-state index in [1.165, 1.54) is 0 Å². The molecule has 0 aromatic rings. The number of thioether (sulfide) groups is 1. The van der Waals surface area contributed by atoms with Gasteiger partial charge in [-0.1, -0.05) is 6.92 Å². The molecule has 0 rings (SSSR count). The normalized spacial score (nSPS) is 16.4. The quantitative estimate of drug-likeness (QED) is 0.522. The minimum absolute atomic E-state index is 0.149. The Bertz CT molecular complexity index is 82.5. The summed E-state index contributed by atoms with van der Waals surface area (Å²) in [6.45, 7) is 2.60. The standard InChI is InChI=1S/C7H17NO2S/c1-6(2-8)4-11-5-7(10)3-9/h6-7,9-10H,2-5,8H2,1H3. The molecule has 0 heterocycles. The van der Waals surface area contributed by atoms with Gasteiger partial charge in [-0.3, -0.25) is 0 Å². The predicted octanol–water partition coefficient (Wildman–Crippen LogP) is -0.332. The van der Waals surface area contributed by atoms with Gasteiger partial charge in [-0.25, -0.2) is 0 Å². The molecule has 2 unspecified atom stereocenters.